The van der Waals surface area contributed by atoms with Crippen LogP contribution in [0, 0.1) is 22.5 Å². The Hall–Kier alpha value is -1.62. The van der Waals surface area contributed by atoms with Gasteiger partial charge < -0.3 is 5.32 Å². The first-order valence-electron chi connectivity index (χ1n) is 6.35. The zero-order valence-corrected chi connectivity index (χ0v) is 12.7. The van der Waals surface area contributed by atoms with Crippen LogP contribution in [0.15, 0.2) is 18.2 Å². The third-order valence-corrected chi connectivity index (χ3v) is 3.22. The van der Waals surface area contributed by atoms with Crippen LogP contribution in [-0.2, 0) is 0 Å². The molecule has 0 atom stereocenters. The van der Waals surface area contributed by atoms with Crippen LogP contribution < -0.4 is 5.32 Å². The van der Waals surface area contributed by atoms with Gasteiger partial charge in [-0.2, -0.15) is 0 Å². The largest absolute Gasteiger partial charge is 0.351 e. The Kier molecular flexibility index (Phi) is 5.51. The minimum atomic E-state index is -0.499. The predicted octanol–water partition coefficient (Wildman–Crippen LogP) is 3.29. The number of alkyl halides is 1. The normalized spacial score (nSPS) is 11.2. The molecule has 0 aliphatic heterocycles. The van der Waals surface area contributed by atoms with Gasteiger partial charge in [-0.05, 0) is 30.4 Å². The number of non-ortho nitro benzene ring substituents is 1. The van der Waals surface area contributed by atoms with Crippen LogP contribution >= 0.6 is 11.6 Å². The minimum Gasteiger partial charge on any atom is -0.351 e. The fourth-order valence-electron chi connectivity index (χ4n) is 1.77. The summed E-state index contributed by atoms with van der Waals surface area (Å²) >= 11 is 5.71. The molecule has 0 saturated heterocycles. The van der Waals surface area contributed by atoms with Gasteiger partial charge in [0.1, 0.15) is 0 Å². The van der Waals surface area contributed by atoms with Crippen molar-refractivity contribution >= 4 is 23.2 Å². The van der Waals surface area contributed by atoms with Crippen molar-refractivity contribution in [3.8, 4) is 0 Å². The van der Waals surface area contributed by atoms with Crippen molar-refractivity contribution in [1.82, 2.24) is 5.32 Å². The van der Waals surface area contributed by atoms with E-state index in [0.717, 1.165) is 6.42 Å². The van der Waals surface area contributed by atoms with E-state index in [-0.39, 0.29) is 17.0 Å². The zero-order valence-electron chi connectivity index (χ0n) is 11.9. The first-order valence-corrected chi connectivity index (χ1v) is 6.89. The summed E-state index contributed by atoms with van der Waals surface area (Å²) in [6.07, 6.45) is 0.781. The van der Waals surface area contributed by atoms with E-state index in [1.54, 1.807) is 13.0 Å². The lowest BCUT2D eigenvalue weighted by Crippen LogP contribution is -2.34. The van der Waals surface area contributed by atoms with Crippen LogP contribution in [0.1, 0.15) is 36.2 Å². The molecule has 1 aromatic rings. The number of aryl methyl sites for hydroxylation is 1. The lowest BCUT2D eigenvalue weighted by molar-refractivity contribution is -0.384. The van der Waals surface area contributed by atoms with E-state index in [1.165, 1.54) is 12.1 Å². The SMILES string of the molecule is Cc1cc(C(=O)NCC(C)(C)CCCl)cc([N+](=O)[O-])c1. The number of halogens is 1. The molecule has 110 valence electrons. The maximum atomic E-state index is 12.1. The molecular weight excluding hydrogens is 280 g/mol. The Bertz CT molecular complexity index is 515. The Balaban J connectivity index is 2.80. The lowest BCUT2D eigenvalue weighted by Gasteiger charge is -2.23. The Labute approximate surface area is 123 Å². The summed E-state index contributed by atoms with van der Waals surface area (Å²) in [6.45, 7) is 6.21. The molecule has 0 aromatic heterocycles. The van der Waals surface area contributed by atoms with E-state index >= 15 is 0 Å². The molecule has 20 heavy (non-hydrogen) atoms. The van der Waals surface area contributed by atoms with Crippen molar-refractivity contribution in [3.63, 3.8) is 0 Å². The highest BCUT2D eigenvalue weighted by Crippen LogP contribution is 2.20. The van der Waals surface area contributed by atoms with Gasteiger partial charge in [-0.1, -0.05) is 13.8 Å². The van der Waals surface area contributed by atoms with Gasteiger partial charge in [-0.3, -0.25) is 14.9 Å². The molecule has 0 fully saturated rings. The van der Waals surface area contributed by atoms with Crippen molar-refractivity contribution < 1.29 is 9.72 Å². The van der Waals surface area contributed by atoms with E-state index in [1.807, 2.05) is 13.8 Å². The van der Waals surface area contributed by atoms with Crippen LogP contribution in [0.5, 0.6) is 0 Å². The lowest BCUT2D eigenvalue weighted by atomic mass is 9.90. The van der Waals surface area contributed by atoms with Gasteiger partial charge in [0.2, 0.25) is 0 Å². The molecule has 0 unspecified atom stereocenters. The number of hydrogen-bond acceptors (Lipinski definition) is 3. The van der Waals surface area contributed by atoms with Crippen molar-refractivity contribution in [1.29, 1.82) is 0 Å². The van der Waals surface area contributed by atoms with E-state index in [2.05, 4.69) is 5.32 Å². The number of nitrogens with one attached hydrogen (secondary N) is 1. The van der Waals surface area contributed by atoms with Crippen molar-refractivity contribution in [2.75, 3.05) is 12.4 Å². The highest BCUT2D eigenvalue weighted by atomic mass is 35.5. The number of nitro groups is 1. The Morgan fingerprint density at radius 2 is 2.05 bits per heavy atom. The van der Waals surface area contributed by atoms with Crippen LogP contribution in [0.25, 0.3) is 0 Å². The average molecular weight is 299 g/mol. The summed E-state index contributed by atoms with van der Waals surface area (Å²) in [5.74, 6) is 0.221. The van der Waals surface area contributed by atoms with Gasteiger partial charge in [-0.15, -0.1) is 11.6 Å². The molecule has 0 aliphatic rings. The maximum Gasteiger partial charge on any atom is 0.270 e. The highest BCUT2D eigenvalue weighted by molar-refractivity contribution is 6.17. The number of carbonyl (C=O) groups is 1. The fourth-order valence-corrected chi connectivity index (χ4v) is 2.28. The standard InChI is InChI=1S/C14H19ClN2O3/c1-10-6-11(8-12(7-10)17(19)20)13(18)16-9-14(2,3)4-5-15/h6-8H,4-5,9H2,1-3H3,(H,16,18). The van der Waals surface area contributed by atoms with Gasteiger partial charge in [0.15, 0.2) is 0 Å². The average Bonchev–Trinajstić information content (AvgIpc) is 2.35. The number of nitro benzene ring substituents is 1. The number of benzene rings is 1. The second-order valence-electron chi connectivity index (χ2n) is 5.60. The van der Waals surface area contributed by atoms with E-state index in [4.69, 9.17) is 11.6 Å². The van der Waals surface area contributed by atoms with E-state index < -0.39 is 4.92 Å². The number of amides is 1. The molecular formula is C14H19ClN2O3. The number of rotatable bonds is 6. The summed E-state index contributed by atoms with van der Waals surface area (Å²) in [6, 6.07) is 4.36. The summed E-state index contributed by atoms with van der Waals surface area (Å²) in [5.41, 5.74) is 0.811. The second kappa shape index (κ2) is 6.70. The maximum absolute atomic E-state index is 12.1. The van der Waals surface area contributed by atoms with Crippen LogP contribution in [0.2, 0.25) is 0 Å². The molecule has 0 aliphatic carbocycles. The van der Waals surface area contributed by atoms with Gasteiger partial charge in [-0.25, -0.2) is 0 Å². The van der Waals surface area contributed by atoms with Gasteiger partial charge in [0.05, 0.1) is 4.92 Å². The molecule has 1 rings (SSSR count). The predicted molar refractivity (Wildman–Crippen MR) is 79.3 cm³/mol. The minimum absolute atomic E-state index is 0.0739. The van der Waals surface area contributed by atoms with Crippen LogP contribution in [0.4, 0.5) is 5.69 Å². The molecule has 1 aromatic carbocycles. The summed E-state index contributed by atoms with van der Waals surface area (Å²) in [4.78, 5) is 22.3. The van der Waals surface area contributed by atoms with Crippen LogP contribution in [0.3, 0.4) is 0 Å². The molecule has 0 radical (unpaired) electrons. The smallest absolute Gasteiger partial charge is 0.270 e. The van der Waals surface area contributed by atoms with Gasteiger partial charge in [0, 0.05) is 30.1 Å². The van der Waals surface area contributed by atoms with Crippen LogP contribution in [-0.4, -0.2) is 23.3 Å². The monoisotopic (exact) mass is 298 g/mol. The molecule has 0 saturated carbocycles. The third-order valence-electron chi connectivity index (χ3n) is 3.03. The molecule has 0 spiro atoms. The molecule has 0 bridgehead atoms. The second-order valence-corrected chi connectivity index (χ2v) is 5.98. The van der Waals surface area contributed by atoms with Gasteiger partial charge in [0.25, 0.3) is 11.6 Å². The van der Waals surface area contributed by atoms with Crippen molar-refractivity contribution in [2.24, 2.45) is 5.41 Å². The van der Waals surface area contributed by atoms with Gasteiger partial charge >= 0.3 is 0 Å². The summed E-state index contributed by atoms with van der Waals surface area (Å²) < 4.78 is 0. The summed E-state index contributed by atoms with van der Waals surface area (Å²) in [5, 5.41) is 13.6. The number of carbonyl (C=O) groups excluding carboxylic acids is 1. The van der Waals surface area contributed by atoms with E-state index in [9.17, 15) is 14.9 Å². The molecule has 1 amide bonds. The number of nitrogens with zero attached hydrogens (tertiary/aromatic N) is 1. The quantitative estimate of drug-likeness (QED) is 0.497. The molecule has 6 heteroatoms. The van der Waals surface area contributed by atoms with Crippen molar-refractivity contribution in [2.45, 2.75) is 27.2 Å². The Morgan fingerprint density at radius 3 is 2.60 bits per heavy atom. The topological polar surface area (TPSA) is 72.2 Å². The zero-order chi connectivity index (χ0) is 15.3. The number of hydrogen-bond donors (Lipinski definition) is 1. The van der Waals surface area contributed by atoms with Crippen molar-refractivity contribution in [3.05, 3.63) is 39.4 Å². The highest BCUT2D eigenvalue weighted by Gasteiger charge is 2.19. The molecule has 5 nitrogen and oxygen atoms in total. The first kappa shape index (κ1) is 16.4. The fraction of sp³-hybridized carbons (Fsp3) is 0.500. The van der Waals surface area contributed by atoms with E-state index in [0.29, 0.717) is 23.6 Å². The first-order chi connectivity index (χ1) is 9.25. The molecule has 0 heterocycles. The molecule has 1 N–H and O–H groups in total. The third kappa shape index (κ3) is 4.81. The Morgan fingerprint density at radius 1 is 1.40 bits per heavy atom. The summed E-state index contributed by atoms with van der Waals surface area (Å²) in [7, 11) is 0.